The summed E-state index contributed by atoms with van der Waals surface area (Å²) in [5, 5.41) is 5.10. The quantitative estimate of drug-likeness (QED) is 0.663. The van der Waals surface area contributed by atoms with Gasteiger partial charge >= 0.3 is 12.0 Å². The fourth-order valence-electron chi connectivity index (χ4n) is 1.29. The molecule has 0 heterocycles. The number of carbonyl (C=O) groups is 3. The monoisotopic (exact) mass is 279 g/mol. The molecule has 20 heavy (non-hydrogen) atoms. The number of primary amides is 1. The average Bonchev–Trinajstić information content (AvgIpc) is 2.39. The van der Waals surface area contributed by atoms with Gasteiger partial charge in [0, 0.05) is 12.2 Å². The molecule has 1 aromatic carbocycles. The highest BCUT2D eigenvalue weighted by Gasteiger charge is 2.14. The second-order valence-corrected chi connectivity index (χ2v) is 4.03. The maximum Gasteiger partial charge on any atom is 0.319 e. The Morgan fingerprint density at radius 3 is 2.50 bits per heavy atom. The lowest BCUT2D eigenvalue weighted by Crippen LogP contribution is -2.33. The summed E-state index contributed by atoms with van der Waals surface area (Å²) in [6.07, 6.45) is -1.01. The van der Waals surface area contributed by atoms with Gasteiger partial charge in [-0.3, -0.25) is 9.59 Å². The molecular formula is C13H17N3O4. The first-order chi connectivity index (χ1) is 9.49. The number of nitrogens with one attached hydrogen (secondary N) is 2. The molecule has 0 aromatic heterocycles. The van der Waals surface area contributed by atoms with Crippen molar-refractivity contribution in [2.75, 3.05) is 11.9 Å². The third kappa shape index (κ3) is 5.85. The Morgan fingerprint density at radius 1 is 1.25 bits per heavy atom. The zero-order chi connectivity index (χ0) is 15.0. The van der Waals surface area contributed by atoms with Gasteiger partial charge in [-0.2, -0.15) is 0 Å². The van der Waals surface area contributed by atoms with Crippen LogP contribution in [-0.4, -0.2) is 30.6 Å². The third-order valence-electron chi connectivity index (χ3n) is 2.36. The number of urea groups is 1. The molecule has 0 saturated heterocycles. The van der Waals surface area contributed by atoms with Gasteiger partial charge in [-0.15, -0.1) is 0 Å². The van der Waals surface area contributed by atoms with E-state index in [2.05, 4.69) is 10.6 Å². The van der Waals surface area contributed by atoms with Crippen molar-refractivity contribution in [3.8, 4) is 0 Å². The van der Waals surface area contributed by atoms with Crippen LogP contribution in [0.3, 0.4) is 0 Å². The summed E-state index contributed by atoms with van der Waals surface area (Å²) >= 11 is 0. The van der Waals surface area contributed by atoms with E-state index >= 15 is 0 Å². The van der Waals surface area contributed by atoms with E-state index in [4.69, 9.17) is 10.5 Å². The highest BCUT2D eigenvalue weighted by Crippen LogP contribution is 2.04. The standard InChI is InChI=1S/C13H17N3O4/c1-9(12(14)18)20-11(17)7-8-15-13(19)16-10-5-3-2-4-6-10/h2-6,9H,7-8H2,1H3,(H2,14,18)(H2,15,16,19). The summed E-state index contributed by atoms with van der Waals surface area (Å²) in [7, 11) is 0. The average molecular weight is 279 g/mol. The predicted molar refractivity (Wildman–Crippen MR) is 72.8 cm³/mol. The van der Waals surface area contributed by atoms with Gasteiger partial charge in [-0.05, 0) is 19.1 Å². The Bertz CT molecular complexity index is 476. The molecule has 0 aliphatic heterocycles. The van der Waals surface area contributed by atoms with Gasteiger partial charge in [0.25, 0.3) is 5.91 Å². The summed E-state index contributed by atoms with van der Waals surface area (Å²) in [5.41, 5.74) is 5.60. The molecule has 1 unspecified atom stereocenters. The van der Waals surface area contributed by atoms with E-state index in [0.717, 1.165) is 0 Å². The topological polar surface area (TPSA) is 111 Å². The Kier molecular flexibility index (Phi) is 6.02. The molecule has 0 saturated carbocycles. The Labute approximate surface area is 116 Å². The van der Waals surface area contributed by atoms with Crippen LogP contribution in [0.15, 0.2) is 30.3 Å². The van der Waals surface area contributed by atoms with E-state index < -0.39 is 24.0 Å². The highest BCUT2D eigenvalue weighted by atomic mass is 16.5. The van der Waals surface area contributed by atoms with Crippen LogP contribution >= 0.6 is 0 Å². The zero-order valence-electron chi connectivity index (χ0n) is 11.1. The fraction of sp³-hybridized carbons (Fsp3) is 0.308. The molecule has 0 aliphatic carbocycles. The molecule has 0 bridgehead atoms. The SMILES string of the molecule is CC(OC(=O)CCNC(=O)Nc1ccccc1)C(N)=O. The number of ether oxygens (including phenoxy) is 1. The minimum atomic E-state index is -0.972. The van der Waals surface area contributed by atoms with Crippen molar-refractivity contribution < 1.29 is 19.1 Å². The van der Waals surface area contributed by atoms with E-state index in [1.165, 1.54) is 6.92 Å². The van der Waals surface area contributed by atoms with Crippen LogP contribution in [0.1, 0.15) is 13.3 Å². The van der Waals surface area contributed by atoms with Crippen molar-refractivity contribution in [3.63, 3.8) is 0 Å². The van der Waals surface area contributed by atoms with E-state index in [9.17, 15) is 14.4 Å². The number of esters is 1. The normalized spacial score (nSPS) is 11.2. The molecular weight excluding hydrogens is 262 g/mol. The van der Waals surface area contributed by atoms with Crippen molar-refractivity contribution in [3.05, 3.63) is 30.3 Å². The fourth-order valence-corrected chi connectivity index (χ4v) is 1.29. The number of anilines is 1. The number of hydrogen-bond donors (Lipinski definition) is 3. The Hall–Kier alpha value is -2.57. The molecule has 1 rings (SSSR count). The third-order valence-corrected chi connectivity index (χ3v) is 2.36. The summed E-state index contributed by atoms with van der Waals surface area (Å²) in [5.74, 6) is -1.32. The minimum absolute atomic E-state index is 0.0418. The highest BCUT2D eigenvalue weighted by molar-refractivity contribution is 5.89. The Morgan fingerprint density at radius 2 is 1.90 bits per heavy atom. The van der Waals surface area contributed by atoms with Crippen LogP contribution in [0, 0.1) is 0 Å². The molecule has 4 N–H and O–H groups in total. The van der Waals surface area contributed by atoms with Crippen molar-refractivity contribution in [2.45, 2.75) is 19.4 Å². The first-order valence-corrected chi connectivity index (χ1v) is 6.07. The van der Waals surface area contributed by atoms with Gasteiger partial charge in [0.15, 0.2) is 6.10 Å². The lowest BCUT2D eigenvalue weighted by molar-refractivity contribution is -0.153. The first-order valence-electron chi connectivity index (χ1n) is 6.07. The van der Waals surface area contributed by atoms with Crippen molar-refractivity contribution in [2.24, 2.45) is 5.73 Å². The van der Waals surface area contributed by atoms with E-state index in [-0.39, 0.29) is 13.0 Å². The molecule has 0 radical (unpaired) electrons. The van der Waals surface area contributed by atoms with Gasteiger partial charge in [0.05, 0.1) is 6.42 Å². The van der Waals surface area contributed by atoms with Gasteiger partial charge in [-0.1, -0.05) is 18.2 Å². The van der Waals surface area contributed by atoms with Gasteiger partial charge < -0.3 is 21.1 Å². The van der Waals surface area contributed by atoms with E-state index in [1.54, 1.807) is 24.3 Å². The van der Waals surface area contributed by atoms with E-state index in [0.29, 0.717) is 5.69 Å². The zero-order valence-corrected chi connectivity index (χ0v) is 11.1. The van der Waals surface area contributed by atoms with Gasteiger partial charge in [0.1, 0.15) is 0 Å². The summed E-state index contributed by atoms with van der Waals surface area (Å²) in [6, 6.07) is 8.46. The molecule has 108 valence electrons. The predicted octanol–water partition coefficient (Wildman–Crippen LogP) is 0.615. The van der Waals surface area contributed by atoms with Gasteiger partial charge in [-0.25, -0.2) is 4.79 Å². The number of carbonyl (C=O) groups excluding carboxylic acids is 3. The number of benzene rings is 1. The number of amides is 3. The van der Waals surface area contributed by atoms with Crippen LogP contribution in [0.5, 0.6) is 0 Å². The molecule has 0 spiro atoms. The van der Waals surface area contributed by atoms with Crippen LogP contribution in [0.2, 0.25) is 0 Å². The lowest BCUT2D eigenvalue weighted by atomic mass is 10.3. The molecule has 3 amide bonds. The van der Waals surface area contributed by atoms with Crippen LogP contribution in [-0.2, 0) is 14.3 Å². The number of rotatable bonds is 6. The molecule has 1 atom stereocenters. The molecule has 7 nitrogen and oxygen atoms in total. The van der Waals surface area contributed by atoms with Crippen LogP contribution in [0.4, 0.5) is 10.5 Å². The number of hydrogen-bond acceptors (Lipinski definition) is 4. The second kappa shape index (κ2) is 7.78. The minimum Gasteiger partial charge on any atom is -0.453 e. The molecule has 1 aromatic rings. The van der Waals surface area contributed by atoms with Crippen LogP contribution < -0.4 is 16.4 Å². The second-order valence-electron chi connectivity index (χ2n) is 4.03. The Balaban J connectivity index is 2.22. The van der Waals surface area contributed by atoms with Crippen molar-refractivity contribution in [1.82, 2.24) is 5.32 Å². The summed E-state index contributed by atoms with van der Waals surface area (Å²) in [6.45, 7) is 1.48. The van der Waals surface area contributed by atoms with Gasteiger partial charge in [0.2, 0.25) is 0 Å². The first kappa shape index (κ1) is 15.5. The number of nitrogens with two attached hydrogens (primary N) is 1. The van der Waals surface area contributed by atoms with Crippen LogP contribution in [0.25, 0.3) is 0 Å². The smallest absolute Gasteiger partial charge is 0.319 e. The maximum atomic E-state index is 11.5. The van der Waals surface area contributed by atoms with E-state index in [1.807, 2.05) is 6.07 Å². The summed E-state index contributed by atoms with van der Waals surface area (Å²) in [4.78, 5) is 33.5. The maximum absolute atomic E-state index is 11.5. The largest absolute Gasteiger partial charge is 0.453 e. The number of para-hydroxylation sites is 1. The van der Waals surface area contributed by atoms with Crippen molar-refractivity contribution >= 4 is 23.6 Å². The molecule has 7 heteroatoms. The molecule has 0 aliphatic rings. The summed E-state index contributed by atoms with van der Waals surface area (Å²) < 4.78 is 4.73. The lowest BCUT2D eigenvalue weighted by Gasteiger charge is -2.10. The van der Waals surface area contributed by atoms with Crippen molar-refractivity contribution in [1.29, 1.82) is 0 Å². The molecule has 0 fully saturated rings.